The van der Waals surface area contributed by atoms with E-state index in [4.69, 9.17) is 29.8 Å². The first-order chi connectivity index (χ1) is 16.8. The zero-order valence-corrected chi connectivity index (χ0v) is 21.3. The van der Waals surface area contributed by atoms with Crippen molar-refractivity contribution in [2.45, 2.75) is 58.7 Å². The van der Waals surface area contributed by atoms with Crippen molar-refractivity contribution in [2.24, 2.45) is 10.9 Å². The van der Waals surface area contributed by atoms with Gasteiger partial charge in [0, 0.05) is 21.7 Å². The van der Waals surface area contributed by atoms with Gasteiger partial charge in [0.25, 0.3) is 0 Å². The standard InChI is InChI=1S/C27H31N3O4S/c1-5-8-22(25(28)30-31)33-20-10-7-6-9-17(20)15-32-19-11-12-21-18(13-19)14-23(34-21)26-29-24(16-35-26)27(2,3)4/h6-7,9-14,16,22,31H,5,8,15H2,1-4H3,(H2,28,30). The van der Waals surface area contributed by atoms with Crippen molar-refractivity contribution < 1.29 is 19.1 Å². The Balaban J connectivity index is 1.50. The third kappa shape index (κ3) is 5.77. The third-order valence-corrected chi connectivity index (χ3v) is 6.46. The average Bonchev–Trinajstić information content (AvgIpc) is 3.49. The molecule has 0 saturated heterocycles. The van der Waals surface area contributed by atoms with Crippen molar-refractivity contribution in [3.05, 3.63) is 65.2 Å². The molecule has 0 aliphatic rings. The summed E-state index contributed by atoms with van der Waals surface area (Å²) >= 11 is 1.59. The molecule has 0 amide bonds. The van der Waals surface area contributed by atoms with E-state index in [1.807, 2.05) is 55.5 Å². The largest absolute Gasteiger partial charge is 0.489 e. The Morgan fingerprint density at radius 1 is 1.20 bits per heavy atom. The van der Waals surface area contributed by atoms with Crippen LogP contribution in [0.15, 0.2) is 63.5 Å². The van der Waals surface area contributed by atoms with E-state index in [1.54, 1.807) is 11.3 Å². The molecule has 0 bridgehead atoms. The number of rotatable bonds is 9. The predicted molar refractivity (Wildman–Crippen MR) is 140 cm³/mol. The van der Waals surface area contributed by atoms with Gasteiger partial charge in [0.05, 0.1) is 5.69 Å². The summed E-state index contributed by atoms with van der Waals surface area (Å²) in [7, 11) is 0. The van der Waals surface area contributed by atoms with Crippen LogP contribution >= 0.6 is 11.3 Å². The minimum Gasteiger partial charge on any atom is -0.489 e. The van der Waals surface area contributed by atoms with Crippen molar-refractivity contribution >= 4 is 28.1 Å². The highest BCUT2D eigenvalue weighted by Crippen LogP contribution is 2.34. The van der Waals surface area contributed by atoms with Crippen LogP contribution in [0.25, 0.3) is 21.7 Å². The first-order valence-corrected chi connectivity index (χ1v) is 12.5. The molecular weight excluding hydrogens is 462 g/mol. The fraction of sp³-hybridized carbons (Fsp3) is 0.333. The van der Waals surface area contributed by atoms with Crippen LogP contribution in [0.5, 0.6) is 11.5 Å². The normalized spacial score (nSPS) is 13.2. The van der Waals surface area contributed by atoms with Crippen molar-refractivity contribution in [3.63, 3.8) is 0 Å². The van der Waals surface area contributed by atoms with E-state index in [0.717, 1.165) is 45.2 Å². The quantitative estimate of drug-likeness (QED) is 0.116. The van der Waals surface area contributed by atoms with Gasteiger partial charge >= 0.3 is 0 Å². The van der Waals surface area contributed by atoms with Crippen LogP contribution in [0, 0.1) is 0 Å². The maximum atomic E-state index is 9.08. The molecule has 2 heterocycles. The lowest BCUT2D eigenvalue weighted by atomic mass is 9.93. The van der Waals surface area contributed by atoms with Gasteiger partial charge < -0.3 is 24.8 Å². The fourth-order valence-corrected chi connectivity index (χ4v) is 4.59. The highest BCUT2D eigenvalue weighted by Gasteiger charge is 2.20. The van der Waals surface area contributed by atoms with Crippen molar-refractivity contribution in [1.82, 2.24) is 4.98 Å². The SMILES string of the molecule is CCCC(Oc1ccccc1COc1ccc2oc(-c3nc(C(C)(C)C)cs3)cc2c1)C(N)=NO. The summed E-state index contributed by atoms with van der Waals surface area (Å²) in [5.41, 5.74) is 8.51. The molecular formula is C27H31N3O4S. The summed E-state index contributed by atoms with van der Waals surface area (Å²) in [5, 5.41) is 16.1. The molecule has 0 spiro atoms. The Bertz CT molecular complexity index is 1320. The molecule has 0 saturated carbocycles. The lowest BCUT2D eigenvalue weighted by Crippen LogP contribution is -2.34. The van der Waals surface area contributed by atoms with Gasteiger partial charge in [-0.3, -0.25) is 0 Å². The number of furan rings is 1. The number of hydrogen-bond acceptors (Lipinski definition) is 7. The molecule has 8 heteroatoms. The van der Waals surface area contributed by atoms with Gasteiger partial charge in [-0.1, -0.05) is 57.5 Å². The minimum atomic E-state index is -0.503. The van der Waals surface area contributed by atoms with E-state index in [2.05, 4.69) is 31.3 Å². The number of amidine groups is 1. The summed E-state index contributed by atoms with van der Waals surface area (Å²) in [6, 6.07) is 15.4. The van der Waals surface area contributed by atoms with Gasteiger partial charge in [-0.15, -0.1) is 11.3 Å². The number of hydrogen-bond donors (Lipinski definition) is 2. The Morgan fingerprint density at radius 3 is 2.71 bits per heavy atom. The van der Waals surface area contributed by atoms with Gasteiger partial charge in [-0.25, -0.2) is 4.98 Å². The molecule has 184 valence electrons. The Labute approximate surface area is 209 Å². The highest BCUT2D eigenvalue weighted by atomic mass is 32.1. The van der Waals surface area contributed by atoms with Crippen molar-refractivity contribution in [2.75, 3.05) is 0 Å². The number of aromatic nitrogens is 1. The van der Waals surface area contributed by atoms with Gasteiger partial charge in [0.2, 0.25) is 0 Å². The minimum absolute atomic E-state index is 0.00501. The van der Waals surface area contributed by atoms with Crippen LogP contribution in [-0.2, 0) is 12.0 Å². The first kappa shape index (κ1) is 24.6. The van der Waals surface area contributed by atoms with Crippen LogP contribution in [0.4, 0.5) is 0 Å². The molecule has 2 aromatic carbocycles. The number of para-hydroxylation sites is 1. The number of nitrogens with zero attached hydrogens (tertiary/aromatic N) is 2. The van der Waals surface area contributed by atoms with Gasteiger partial charge in [0.15, 0.2) is 22.7 Å². The zero-order chi connectivity index (χ0) is 25.0. The number of fused-ring (bicyclic) bond motifs is 1. The first-order valence-electron chi connectivity index (χ1n) is 11.6. The second kappa shape index (κ2) is 10.4. The van der Waals surface area contributed by atoms with Gasteiger partial charge in [-0.2, -0.15) is 0 Å². The lowest BCUT2D eigenvalue weighted by molar-refractivity contribution is 0.230. The summed E-state index contributed by atoms with van der Waals surface area (Å²) in [6.07, 6.45) is 0.975. The Hall–Kier alpha value is -3.52. The average molecular weight is 494 g/mol. The molecule has 35 heavy (non-hydrogen) atoms. The second-order valence-electron chi connectivity index (χ2n) is 9.41. The third-order valence-electron chi connectivity index (χ3n) is 5.60. The predicted octanol–water partition coefficient (Wildman–Crippen LogP) is 6.73. The summed E-state index contributed by atoms with van der Waals surface area (Å²) < 4.78 is 18.2. The van der Waals surface area contributed by atoms with E-state index >= 15 is 0 Å². The van der Waals surface area contributed by atoms with Crippen molar-refractivity contribution in [1.29, 1.82) is 0 Å². The summed E-state index contributed by atoms with van der Waals surface area (Å²) in [4.78, 5) is 4.76. The summed E-state index contributed by atoms with van der Waals surface area (Å²) in [5.74, 6) is 2.17. The molecule has 0 fully saturated rings. The smallest absolute Gasteiger partial charge is 0.180 e. The maximum absolute atomic E-state index is 9.08. The molecule has 4 rings (SSSR count). The van der Waals surface area contributed by atoms with E-state index in [1.165, 1.54) is 0 Å². The number of oxime groups is 1. The molecule has 0 aliphatic carbocycles. The second-order valence-corrected chi connectivity index (χ2v) is 10.3. The Kier molecular flexibility index (Phi) is 7.31. The van der Waals surface area contributed by atoms with Crippen LogP contribution in [0.1, 0.15) is 51.8 Å². The molecule has 1 atom stereocenters. The van der Waals surface area contributed by atoms with E-state index in [9.17, 15) is 0 Å². The Morgan fingerprint density at radius 2 is 2.00 bits per heavy atom. The van der Waals surface area contributed by atoms with E-state index < -0.39 is 6.10 Å². The van der Waals surface area contributed by atoms with Gasteiger partial charge in [-0.05, 0) is 36.8 Å². The fourth-order valence-electron chi connectivity index (χ4n) is 3.59. The maximum Gasteiger partial charge on any atom is 0.180 e. The molecule has 3 N–H and O–H groups in total. The number of nitrogens with two attached hydrogens (primary N) is 1. The topological polar surface area (TPSA) is 103 Å². The summed E-state index contributed by atoms with van der Waals surface area (Å²) in [6.45, 7) is 8.78. The van der Waals surface area contributed by atoms with Crippen LogP contribution in [-0.4, -0.2) is 22.1 Å². The van der Waals surface area contributed by atoms with E-state index in [-0.39, 0.29) is 11.3 Å². The molecule has 2 aromatic heterocycles. The monoisotopic (exact) mass is 493 g/mol. The molecule has 4 aromatic rings. The number of ether oxygens (including phenoxy) is 2. The van der Waals surface area contributed by atoms with E-state index in [0.29, 0.717) is 18.8 Å². The van der Waals surface area contributed by atoms with Crippen LogP contribution in [0.2, 0.25) is 0 Å². The van der Waals surface area contributed by atoms with Crippen LogP contribution < -0.4 is 15.2 Å². The molecule has 7 nitrogen and oxygen atoms in total. The molecule has 0 aliphatic heterocycles. The highest BCUT2D eigenvalue weighted by molar-refractivity contribution is 7.13. The molecule has 1 unspecified atom stereocenters. The van der Waals surface area contributed by atoms with Crippen LogP contribution in [0.3, 0.4) is 0 Å². The van der Waals surface area contributed by atoms with Crippen molar-refractivity contribution in [3.8, 4) is 22.3 Å². The zero-order valence-electron chi connectivity index (χ0n) is 20.4. The molecule has 0 radical (unpaired) electrons. The van der Waals surface area contributed by atoms with Gasteiger partial charge in [0.1, 0.15) is 23.7 Å². The lowest BCUT2D eigenvalue weighted by Gasteiger charge is -2.19. The number of benzene rings is 2. The number of thiazole rings is 1.